The van der Waals surface area contributed by atoms with Crippen LogP contribution in [-0.2, 0) is 11.3 Å². The molecule has 0 spiro atoms. The summed E-state index contributed by atoms with van der Waals surface area (Å²) in [6.07, 6.45) is 1.87. The average Bonchev–Trinajstić information content (AvgIpc) is 3.27. The van der Waals surface area contributed by atoms with Crippen molar-refractivity contribution in [1.29, 1.82) is 0 Å². The van der Waals surface area contributed by atoms with Gasteiger partial charge in [-0.1, -0.05) is 48.5 Å². The van der Waals surface area contributed by atoms with Crippen LogP contribution >= 0.6 is 0 Å². The lowest BCUT2D eigenvalue weighted by Gasteiger charge is -2.19. The lowest BCUT2D eigenvalue weighted by molar-refractivity contribution is -0.138. The minimum Gasteiger partial charge on any atom is -0.481 e. The number of rotatable bonds is 4. The van der Waals surface area contributed by atoms with Crippen LogP contribution in [0.3, 0.4) is 0 Å². The maximum Gasteiger partial charge on any atom is 0.312 e. The highest BCUT2D eigenvalue weighted by Gasteiger charge is 2.37. The number of carbonyl (C=O) groups excluding carboxylic acids is 1. The molecule has 0 saturated heterocycles. The summed E-state index contributed by atoms with van der Waals surface area (Å²) in [5.74, 6) is -1.78. The van der Waals surface area contributed by atoms with E-state index in [1.54, 1.807) is 29.2 Å². The number of benzene rings is 2. The Balaban J connectivity index is 1.65. The van der Waals surface area contributed by atoms with Gasteiger partial charge in [0.05, 0.1) is 0 Å². The van der Waals surface area contributed by atoms with Crippen molar-refractivity contribution in [3.63, 3.8) is 0 Å². The first-order chi connectivity index (χ1) is 12.6. The second-order valence-corrected chi connectivity index (χ2v) is 6.37. The van der Waals surface area contributed by atoms with Gasteiger partial charge in [-0.3, -0.25) is 9.59 Å². The molecule has 2 heterocycles. The van der Waals surface area contributed by atoms with Crippen LogP contribution in [0.25, 0.3) is 0 Å². The van der Waals surface area contributed by atoms with Crippen molar-refractivity contribution >= 4 is 17.6 Å². The van der Waals surface area contributed by atoms with E-state index in [-0.39, 0.29) is 12.5 Å². The summed E-state index contributed by atoms with van der Waals surface area (Å²) >= 11 is 0. The largest absolute Gasteiger partial charge is 0.481 e. The summed E-state index contributed by atoms with van der Waals surface area (Å²) in [4.78, 5) is 26.3. The number of para-hydroxylation sites is 1. The fraction of sp³-hybridized carbons (Fsp3) is 0.143. The molecule has 5 nitrogen and oxygen atoms in total. The third kappa shape index (κ3) is 2.77. The number of carboxylic acids is 1. The second-order valence-electron chi connectivity index (χ2n) is 6.37. The van der Waals surface area contributed by atoms with Crippen molar-refractivity contribution < 1.29 is 14.7 Å². The summed E-state index contributed by atoms with van der Waals surface area (Å²) in [5, 5.41) is 9.50. The molecule has 0 bridgehead atoms. The van der Waals surface area contributed by atoms with Crippen LogP contribution < -0.4 is 4.90 Å². The number of anilines is 1. The summed E-state index contributed by atoms with van der Waals surface area (Å²) in [6, 6.07) is 20.8. The zero-order valence-corrected chi connectivity index (χ0v) is 14.1. The Kier molecular flexibility index (Phi) is 4.05. The summed E-state index contributed by atoms with van der Waals surface area (Å²) < 4.78 is 1.90. The lowest BCUT2D eigenvalue weighted by atomic mass is 10.0. The minimum absolute atomic E-state index is 0.157. The number of hydrogen-bond acceptors (Lipinski definition) is 2. The normalized spacial score (nSPS) is 15.7. The molecule has 5 heteroatoms. The Bertz CT molecular complexity index is 962. The monoisotopic (exact) mass is 346 g/mol. The van der Waals surface area contributed by atoms with Crippen molar-refractivity contribution in [2.75, 3.05) is 11.4 Å². The predicted molar refractivity (Wildman–Crippen MR) is 98.5 cm³/mol. The first kappa shape index (κ1) is 16.1. The Hall–Kier alpha value is -3.34. The maximum atomic E-state index is 13.2. The van der Waals surface area contributed by atoms with Crippen LogP contribution in [0.4, 0.5) is 5.69 Å². The molecule has 1 amide bonds. The molecule has 26 heavy (non-hydrogen) atoms. The number of aromatic nitrogens is 1. The summed E-state index contributed by atoms with van der Waals surface area (Å²) in [5.41, 5.74) is 3.02. The van der Waals surface area contributed by atoms with Crippen LogP contribution in [0.1, 0.15) is 27.5 Å². The molecule has 130 valence electrons. The van der Waals surface area contributed by atoms with Gasteiger partial charge < -0.3 is 14.6 Å². The molecule has 1 unspecified atom stereocenters. The van der Waals surface area contributed by atoms with E-state index in [0.717, 1.165) is 5.56 Å². The van der Waals surface area contributed by atoms with E-state index in [1.165, 1.54) is 0 Å². The van der Waals surface area contributed by atoms with Crippen LogP contribution in [0.5, 0.6) is 0 Å². The number of fused-ring (bicyclic) bond motifs is 1. The molecular formula is C21H18N2O3. The number of aliphatic carboxylic acids is 1. The van der Waals surface area contributed by atoms with Gasteiger partial charge in [0.2, 0.25) is 0 Å². The maximum absolute atomic E-state index is 13.2. The molecule has 4 rings (SSSR count). The van der Waals surface area contributed by atoms with Crippen molar-refractivity contribution in [3.8, 4) is 0 Å². The lowest BCUT2D eigenvalue weighted by Crippen LogP contribution is -2.32. The average molecular weight is 346 g/mol. The van der Waals surface area contributed by atoms with Crippen molar-refractivity contribution in [2.45, 2.75) is 12.5 Å². The van der Waals surface area contributed by atoms with Crippen LogP contribution in [0, 0.1) is 0 Å². The molecule has 0 fully saturated rings. The third-order valence-corrected chi connectivity index (χ3v) is 4.76. The number of carboxylic acid groups (broad SMARTS) is 1. The minimum atomic E-state index is -0.910. The standard InChI is InChI=1S/C21H18N2O3/c24-20(19-11-6-12-22(19)13-15-7-2-1-3-8-15)23-14-17(21(25)26)16-9-4-5-10-18(16)23/h1-12,17H,13-14H2,(H,25,26). The van der Waals surface area contributed by atoms with Gasteiger partial charge in [0.1, 0.15) is 11.6 Å². The Labute approximate surface area is 151 Å². The van der Waals surface area contributed by atoms with Crippen molar-refractivity contribution in [2.24, 2.45) is 0 Å². The fourth-order valence-corrected chi connectivity index (χ4v) is 3.48. The smallest absolute Gasteiger partial charge is 0.312 e. The molecule has 1 aliphatic heterocycles. The first-order valence-electron chi connectivity index (χ1n) is 8.48. The number of carbonyl (C=O) groups is 2. The van der Waals surface area contributed by atoms with Crippen LogP contribution in [0.2, 0.25) is 0 Å². The number of nitrogens with zero attached hydrogens (tertiary/aromatic N) is 2. The molecule has 2 aromatic carbocycles. The quantitative estimate of drug-likeness (QED) is 0.788. The van der Waals surface area contributed by atoms with Gasteiger partial charge in [-0.2, -0.15) is 0 Å². The molecule has 0 radical (unpaired) electrons. The Morgan fingerprint density at radius 3 is 2.46 bits per heavy atom. The molecule has 3 aromatic rings. The van der Waals surface area contributed by atoms with E-state index in [1.807, 2.05) is 53.2 Å². The van der Waals surface area contributed by atoms with E-state index in [0.29, 0.717) is 23.5 Å². The molecular weight excluding hydrogens is 328 g/mol. The van der Waals surface area contributed by atoms with Gasteiger partial charge >= 0.3 is 5.97 Å². The highest BCUT2D eigenvalue weighted by molar-refractivity contribution is 6.08. The van der Waals surface area contributed by atoms with E-state index < -0.39 is 11.9 Å². The first-order valence-corrected chi connectivity index (χ1v) is 8.48. The van der Waals surface area contributed by atoms with Crippen molar-refractivity contribution in [3.05, 3.63) is 89.7 Å². The zero-order chi connectivity index (χ0) is 18.1. The van der Waals surface area contributed by atoms with Gasteiger partial charge in [0, 0.05) is 25.0 Å². The van der Waals surface area contributed by atoms with E-state index in [9.17, 15) is 14.7 Å². The molecule has 1 N–H and O–H groups in total. The molecule has 0 aliphatic carbocycles. The number of amides is 1. The third-order valence-electron chi connectivity index (χ3n) is 4.76. The van der Waals surface area contributed by atoms with Crippen molar-refractivity contribution in [1.82, 2.24) is 4.57 Å². The predicted octanol–water partition coefficient (Wildman–Crippen LogP) is 3.37. The molecule has 1 atom stereocenters. The van der Waals surface area contributed by atoms with E-state index in [4.69, 9.17) is 0 Å². The van der Waals surface area contributed by atoms with Gasteiger partial charge in [-0.05, 0) is 29.3 Å². The Morgan fingerprint density at radius 2 is 1.69 bits per heavy atom. The topological polar surface area (TPSA) is 62.5 Å². The highest BCUT2D eigenvalue weighted by Crippen LogP contribution is 2.37. The van der Waals surface area contributed by atoms with Gasteiger partial charge in [0.25, 0.3) is 5.91 Å². The second kappa shape index (κ2) is 6.52. The molecule has 0 saturated carbocycles. The van der Waals surface area contributed by atoms with Gasteiger partial charge in [0.15, 0.2) is 0 Å². The van der Waals surface area contributed by atoms with Crippen LogP contribution in [-0.4, -0.2) is 28.1 Å². The van der Waals surface area contributed by atoms with E-state index in [2.05, 4.69) is 0 Å². The summed E-state index contributed by atoms with van der Waals surface area (Å²) in [6.45, 7) is 0.747. The highest BCUT2D eigenvalue weighted by atomic mass is 16.4. The van der Waals surface area contributed by atoms with Crippen LogP contribution in [0.15, 0.2) is 72.9 Å². The van der Waals surface area contributed by atoms with Gasteiger partial charge in [-0.25, -0.2) is 0 Å². The SMILES string of the molecule is O=C(O)C1CN(C(=O)c2cccn2Cc2ccccc2)c2ccccc21. The van der Waals surface area contributed by atoms with Gasteiger partial charge in [-0.15, -0.1) is 0 Å². The Morgan fingerprint density at radius 1 is 0.962 bits per heavy atom. The molecule has 1 aliphatic rings. The zero-order valence-electron chi connectivity index (χ0n) is 14.1. The molecule has 1 aromatic heterocycles. The van der Waals surface area contributed by atoms with E-state index >= 15 is 0 Å². The fourth-order valence-electron chi connectivity index (χ4n) is 3.48. The number of hydrogen-bond donors (Lipinski definition) is 1. The summed E-state index contributed by atoms with van der Waals surface area (Å²) in [7, 11) is 0.